The Bertz CT molecular complexity index is 624. The average Bonchev–Trinajstić information content (AvgIpc) is 2.73. The molecule has 3 N–H and O–H groups in total. The van der Waals surface area contributed by atoms with Crippen molar-refractivity contribution in [2.24, 2.45) is 5.73 Å². The van der Waals surface area contributed by atoms with Crippen molar-refractivity contribution in [1.82, 2.24) is 14.9 Å². The number of hydrogen-bond acceptors (Lipinski definition) is 3. The molecule has 1 aromatic heterocycles. The highest BCUT2D eigenvalue weighted by Gasteiger charge is 2.27. The molecule has 0 fully saturated rings. The van der Waals surface area contributed by atoms with E-state index in [-0.39, 0.29) is 6.54 Å². The van der Waals surface area contributed by atoms with E-state index in [4.69, 9.17) is 5.73 Å². The third kappa shape index (κ3) is 3.11. The summed E-state index contributed by atoms with van der Waals surface area (Å²) in [5.74, 6) is -2.92. The lowest BCUT2D eigenvalue weighted by Gasteiger charge is -2.15. The number of carbonyl (C=O) groups is 1. The first kappa shape index (κ1) is 14.4. The van der Waals surface area contributed by atoms with Gasteiger partial charge in [-0.1, -0.05) is 12.1 Å². The van der Waals surface area contributed by atoms with Crippen molar-refractivity contribution in [2.45, 2.75) is 19.4 Å². The smallest absolute Gasteiger partial charge is 0.277 e. The Balaban J connectivity index is 2.09. The summed E-state index contributed by atoms with van der Waals surface area (Å²) in [6.45, 7) is 0.170. The van der Waals surface area contributed by atoms with Crippen LogP contribution in [0.5, 0.6) is 0 Å². The number of fused-ring (bicyclic) bond motifs is 1. The molecule has 20 heavy (non-hydrogen) atoms. The second-order valence-electron chi connectivity index (χ2n) is 4.57. The number of imidazole rings is 1. The van der Waals surface area contributed by atoms with Gasteiger partial charge in [-0.2, -0.15) is 0 Å². The van der Waals surface area contributed by atoms with Crippen molar-refractivity contribution in [3.05, 3.63) is 30.1 Å². The van der Waals surface area contributed by atoms with Crippen LogP contribution >= 0.6 is 0 Å². The lowest BCUT2D eigenvalue weighted by atomic mass is 10.3. The summed E-state index contributed by atoms with van der Waals surface area (Å²) in [6.07, 6.45) is 0. The third-order valence-corrected chi connectivity index (χ3v) is 2.99. The van der Waals surface area contributed by atoms with E-state index < -0.39 is 24.9 Å². The number of nitrogens with two attached hydrogens (primary N) is 1. The maximum atomic E-state index is 13.0. The first-order valence-corrected chi connectivity index (χ1v) is 6.19. The molecule has 0 aliphatic heterocycles. The van der Waals surface area contributed by atoms with E-state index in [0.29, 0.717) is 5.82 Å². The summed E-state index contributed by atoms with van der Waals surface area (Å²) in [6, 6.07) is 7.35. The van der Waals surface area contributed by atoms with Crippen molar-refractivity contribution >= 4 is 16.9 Å². The fraction of sp³-hybridized carbons (Fsp3) is 0.385. The lowest BCUT2D eigenvalue weighted by Crippen LogP contribution is -2.42. The predicted octanol–water partition coefficient (Wildman–Crippen LogP) is 1.05. The molecule has 0 atom stereocenters. The van der Waals surface area contributed by atoms with Crippen LogP contribution in [0.3, 0.4) is 0 Å². The lowest BCUT2D eigenvalue weighted by molar-refractivity contribution is -0.123. The molecule has 0 aliphatic carbocycles. The number of benzene rings is 1. The van der Waals surface area contributed by atoms with Gasteiger partial charge in [0.25, 0.3) is 5.92 Å². The van der Waals surface area contributed by atoms with E-state index in [1.807, 2.05) is 24.3 Å². The van der Waals surface area contributed by atoms with Crippen molar-refractivity contribution in [3.8, 4) is 0 Å². The highest BCUT2D eigenvalue weighted by atomic mass is 19.3. The van der Waals surface area contributed by atoms with E-state index in [9.17, 15) is 13.6 Å². The number of rotatable bonds is 5. The number of halogens is 2. The second kappa shape index (κ2) is 5.54. The number of amides is 1. The fourth-order valence-corrected chi connectivity index (χ4v) is 1.90. The molecule has 2 rings (SSSR count). The number of hydrogen-bond donors (Lipinski definition) is 2. The number of aryl methyl sites for hydroxylation is 1. The van der Waals surface area contributed by atoms with Gasteiger partial charge in [-0.05, 0) is 19.1 Å². The summed E-state index contributed by atoms with van der Waals surface area (Å²) in [5, 5.41) is 2.19. The topological polar surface area (TPSA) is 72.9 Å². The Hall–Kier alpha value is -2.02. The first-order chi connectivity index (χ1) is 9.43. The monoisotopic (exact) mass is 282 g/mol. The Morgan fingerprint density at radius 1 is 1.45 bits per heavy atom. The van der Waals surface area contributed by atoms with E-state index in [2.05, 4.69) is 10.3 Å². The fourth-order valence-electron chi connectivity index (χ4n) is 1.90. The first-order valence-electron chi connectivity index (χ1n) is 6.19. The van der Waals surface area contributed by atoms with E-state index in [1.54, 1.807) is 11.5 Å². The Morgan fingerprint density at radius 3 is 2.85 bits per heavy atom. The molecule has 7 heteroatoms. The summed E-state index contributed by atoms with van der Waals surface area (Å²) in [4.78, 5) is 16.0. The van der Waals surface area contributed by atoms with Gasteiger partial charge >= 0.3 is 0 Å². The molecule has 0 unspecified atom stereocenters. The molecular weight excluding hydrogens is 266 g/mol. The average molecular weight is 282 g/mol. The summed E-state index contributed by atoms with van der Waals surface area (Å²) < 4.78 is 27.6. The van der Waals surface area contributed by atoms with Gasteiger partial charge in [0, 0.05) is 0 Å². The number of nitrogens with zero attached hydrogens (tertiary/aromatic N) is 2. The molecule has 1 aromatic carbocycles. The van der Waals surface area contributed by atoms with Gasteiger partial charge in [-0.25, -0.2) is 13.8 Å². The van der Waals surface area contributed by atoms with Crippen LogP contribution in [0.25, 0.3) is 11.0 Å². The Kier molecular flexibility index (Phi) is 3.99. The number of nitrogens with one attached hydrogen (secondary N) is 1. The van der Waals surface area contributed by atoms with Crippen molar-refractivity contribution in [2.75, 3.05) is 13.1 Å². The molecular formula is C13H16F2N4O. The van der Waals surface area contributed by atoms with Gasteiger partial charge in [-0.3, -0.25) is 4.79 Å². The molecule has 0 bridgehead atoms. The predicted molar refractivity (Wildman–Crippen MR) is 71.5 cm³/mol. The maximum Gasteiger partial charge on any atom is 0.277 e. The summed E-state index contributed by atoms with van der Waals surface area (Å²) >= 11 is 0. The third-order valence-electron chi connectivity index (χ3n) is 2.99. The number of alkyl halides is 2. The van der Waals surface area contributed by atoms with Gasteiger partial charge < -0.3 is 15.6 Å². The molecule has 5 nitrogen and oxygen atoms in total. The van der Waals surface area contributed by atoms with E-state index in [0.717, 1.165) is 11.0 Å². The van der Waals surface area contributed by atoms with Gasteiger partial charge in [0.05, 0.1) is 24.1 Å². The summed E-state index contributed by atoms with van der Waals surface area (Å²) in [7, 11) is 0. The molecule has 1 amide bonds. The molecule has 1 heterocycles. The van der Waals surface area contributed by atoms with Crippen LogP contribution in [-0.2, 0) is 11.3 Å². The van der Waals surface area contributed by atoms with E-state index in [1.165, 1.54) is 0 Å². The largest absolute Gasteiger partial charge is 0.348 e. The zero-order valence-electron chi connectivity index (χ0n) is 11.1. The van der Waals surface area contributed by atoms with E-state index >= 15 is 0 Å². The van der Waals surface area contributed by atoms with Crippen LogP contribution in [0.1, 0.15) is 5.82 Å². The quantitative estimate of drug-likeness (QED) is 0.861. The molecule has 0 saturated heterocycles. The maximum absolute atomic E-state index is 13.0. The minimum absolute atomic E-state index is 0.0486. The van der Waals surface area contributed by atoms with Crippen LogP contribution in [0.4, 0.5) is 8.78 Å². The number of carbonyl (C=O) groups excluding carboxylic acids is 1. The van der Waals surface area contributed by atoms with Crippen LogP contribution in [0, 0.1) is 6.92 Å². The van der Waals surface area contributed by atoms with Crippen molar-refractivity contribution in [1.29, 1.82) is 0 Å². The SMILES string of the molecule is Cc1nc2ccccc2n1CC(=O)NCC(F)(F)CN. The Morgan fingerprint density at radius 2 is 2.15 bits per heavy atom. The molecule has 108 valence electrons. The summed E-state index contributed by atoms with van der Waals surface area (Å²) in [5.41, 5.74) is 6.48. The number of aromatic nitrogens is 2. The van der Waals surface area contributed by atoms with Gasteiger partial charge in [-0.15, -0.1) is 0 Å². The zero-order chi connectivity index (χ0) is 14.8. The molecule has 0 aliphatic rings. The zero-order valence-corrected chi connectivity index (χ0v) is 11.1. The van der Waals surface area contributed by atoms with Crippen LogP contribution < -0.4 is 11.1 Å². The van der Waals surface area contributed by atoms with Gasteiger partial charge in [0.1, 0.15) is 12.4 Å². The van der Waals surface area contributed by atoms with Crippen molar-refractivity contribution < 1.29 is 13.6 Å². The Labute approximate surface area is 114 Å². The normalized spacial score (nSPS) is 11.8. The molecule has 0 saturated carbocycles. The van der Waals surface area contributed by atoms with Crippen LogP contribution in [0.15, 0.2) is 24.3 Å². The van der Waals surface area contributed by atoms with Crippen molar-refractivity contribution in [3.63, 3.8) is 0 Å². The highest BCUT2D eigenvalue weighted by molar-refractivity contribution is 5.81. The molecule has 0 spiro atoms. The second-order valence-corrected chi connectivity index (χ2v) is 4.57. The molecule has 2 aromatic rings. The van der Waals surface area contributed by atoms with Gasteiger partial charge in [0.15, 0.2) is 0 Å². The molecule has 0 radical (unpaired) electrons. The standard InChI is InChI=1S/C13H16F2N4O/c1-9-18-10-4-2-3-5-11(10)19(9)6-12(20)17-8-13(14,15)7-16/h2-5H,6-8,16H2,1H3,(H,17,20). The van der Waals surface area contributed by atoms with Gasteiger partial charge in [0.2, 0.25) is 5.91 Å². The minimum atomic E-state index is -3.08. The van der Waals surface area contributed by atoms with Crippen LogP contribution in [-0.4, -0.2) is 34.5 Å². The minimum Gasteiger partial charge on any atom is -0.348 e. The number of para-hydroxylation sites is 2. The highest BCUT2D eigenvalue weighted by Crippen LogP contribution is 2.15. The van der Waals surface area contributed by atoms with Crippen LogP contribution in [0.2, 0.25) is 0 Å².